The Balaban J connectivity index is 1.97. The van der Waals surface area contributed by atoms with E-state index in [0.29, 0.717) is 5.92 Å². The zero-order valence-electron chi connectivity index (χ0n) is 14.1. The second kappa shape index (κ2) is 6.84. The van der Waals surface area contributed by atoms with Crippen molar-refractivity contribution in [2.24, 2.45) is 0 Å². The fraction of sp³-hybridized carbons (Fsp3) is 0.765. The van der Waals surface area contributed by atoms with Crippen LogP contribution in [0.3, 0.4) is 0 Å². The van der Waals surface area contributed by atoms with Crippen molar-refractivity contribution >= 4 is 0 Å². The molecule has 1 aromatic rings. The highest BCUT2D eigenvalue weighted by molar-refractivity contribution is 5.25. The average molecular weight is 291 g/mol. The van der Waals surface area contributed by atoms with Crippen LogP contribution < -0.4 is 5.32 Å². The molecule has 0 aliphatic carbocycles. The van der Waals surface area contributed by atoms with Gasteiger partial charge in [-0.05, 0) is 66.0 Å². The van der Waals surface area contributed by atoms with E-state index < -0.39 is 0 Å². The van der Waals surface area contributed by atoms with E-state index in [-0.39, 0.29) is 5.54 Å². The van der Waals surface area contributed by atoms with Crippen LogP contribution in [0.15, 0.2) is 0 Å². The van der Waals surface area contributed by atoms with Crippen molar-refractivity contribution in [3.05, 3.63) is 22.8 Å². The number of aromatic nitrogens is 2. The first-order valence-electron chi connectivity index (χ1n) is 8.03. The Labute approximate surface area is 128 Å². The van der Waals surface area contributed by atoms with E-state index in [4.69, 9.17) is 14.7 Å². The summed E-state index contributed by atoms with van der Waals surface area (Å²) >= 11 is 0. The summed E-state index contributed by atoms with van der Waals surface area (Å²) < 4.78 is 5.44. The van der Waals surface area contributed by atoms with Crippen LogP contribution in [0, 0.1) is 13.8 Å². The monoisotopic (exact) mass is 291 g/mol. The van der Waals surface area contributed by atoms with E-state index in [2.05, 4.69) is 39.9 Å². The van der Waals surface area contributed by atoms with E-state index in [1.54, 1.807) is 0 Å². The summed E-state index contributed by atoms with van der Waals surface area (Å²) in [4.78, 5) is 9.46. The van der Waals surface area contributed by atoms with Gasteiger partial charge >= 0.3 is 0 Å². The largest absolute Gasteiger partial charge is 0.381 e. The first-order valence-corrected chi connectivity index (χ1v) is 8.03. The molecule has 1 unspecified atom stereocenters. The van der Waals surface area contributed by atoms with E-state index in [9.17, 15) is 0 Å². The highest BCUT2D eigenvalue weighted by atomic mass is 16.5. The molecule has 2 heterocycles. The number of hydrogen-bond donors (Lipinski definition) is 1. The van der Waals surface area contributed by atoms with E-state index in [1.165, 1.54) is 5.56 Å². The van der Waals surface area contributed by atoms with E-state index in [1.807, 2.05) is 0 Å². The van der Waals surface area contributed by atoms with Gasteiger partial charge in [0.05, 0.1) is 6.61 Å². The second-order valence-electron chi connectivity index (χ2n) is 7.07. The summed E-state index contributed by atoms with van der Waals surface area (Å²) in [6, 6.07) is 0. The molecular weight excluding hydrogens is 262 g/mol. The van der Waals surface area contributed by atoms with Crippen molar-refractivity contribution in [3.8, 4) is 0 Å². The minimum atomic E-state index is 0.187. The van der Waals surface area contributed by atoms with Crippen LogP contribution in [0.2, 0.25) is 0 Å². The molecule has 4 nitrogen and oxygen atoms in total. The zero-order valence-corrected chi connectivity index (χ0v) is 14.1. The molecule has 1 N–H and O–H groups in total. The van der Waals surface area contributed by atoms with E-state index in [0.717, 1.165) is 56.2 Å². The fourth-order valence-electron chi connectivity index (χ4n) is 2.78. The summed E-state index contributed by atoms with van der Waals surface area (Å²) in [7, 11) is 0. The van der Waals surface area contributed by atoms with Gasteiger partial charge in [0.1, 0.15) is 5.82 Å². The third-order valence-corrected chi connectivity index (χ3v) is 3.99. The van der Waals surface area contributed by atoms with Crippen LogP contribution in [0.4, 0.5) is 0 Å². The van der Waals surface area contributed by atoms with Crippen LogP contribution in [0.5, 0.6) is 0 Å². The zero-order chi connectivity index (χ0) is 15.5. The number of rotatable bonds is 5. The molecule has 1 aromatic heterocycles. The molecule has 1 aliphatic heterocycles. The Morgan fingerprint density at radius 2 is 1.86 bits per heavy atom. The summed E-state index contributed by atoms with van der Waals surface area (Å²) in [6.45, 7) is 13.5. The lowest BCUT2D eigenvalue weighted by Crippen LogP contribution is -2.36. The van der Waals surface area contributed by atoms with Crippen LogP contribution in [-0.2, 0) is 11.2 Å². The Morgan fingerprint density at radius 1 is 1.19 bits per heavy atom. The number of ether oxygens (including phenoxy) is 1. The molecule has 0 spiro atoms. The molecule has 0 amide bonds. The van der Waals surface area contributed by atoms with Gasteiger partial charge in [-0.25, -0.2) is 9.97 Å². The Bertz CT molecular complexity index is 450. The lowest BCUT2D eigenvalue weighted by Gasteiger charge is -2.20. The third kappa shape index (κ3) is 4.75. The smallest absolute Gasteiger partial charge is 0.134 e. The molecule has 2 rings (SSSR count). The molecule has 21 heavy (non-hydrogen) atoms. The van der Waals surface area contributed by atoms with Crippen molar-refractivity contribution in [3.63, 3.8) is 0 Å². The Kier molecular flexibility index (Phi) is 5.33. The van der Waals surface area contributed by atoms with Gasteiger partial charge in [0.15, 0.2) is 0 Å². The Morgan fingerprint density at radius 3 is 2.38 bits per heavy atom. The van der Waals surface area contributed by atoms with Gasteiger partial charge in [-0.2, -0.15) is 0 Å². The van der Waals surface area contributed by atoms with Gasteiger partial charge in [0, 0.05) is 29.5 Å². The lowest BCUT2D eigenvalue weighted by atomic mass is 10.0. The quantitative estimate of drug-likeness (QED) is 0.847. The minimum absolute atomic E-state index is 0.187. The SMILES string of the molecule is Cc1nc(C2CCOC2)nc(C)c1CCCNC(C)(C)C. The van der Waals surface area contributed by atoms with Crippen molar-refractivity contribution in [1.29, 1.82) is 0 Å². The fourth-order valence-corrected chi connectivity index (χ4v) is 2.78. The van der Waals surface area contributed by atoms with Crippen molar-refractivity contribution in [2.45, 2.75) is 65.3 Å². The molecule has 1 saturated heterocycles. The lowest BCUT2D eigenvalue weighted by molar-refractivity contribution is 0.193. The molecule has 1 fully saturated rings. The van der Waals surface area contributed by atoms with Crippen LogP contribution in [-0.4, -0.2) is 35.3 Å². The van der Waals surface area contributed by atoms with Crippen LogP contribution >= 0.6 is 0 Å². The third-order valence-electron chi connectivity index (χ3n) is 3.99. The maximum absolute atomic E-state index is 5.44. The summed E-state index contributed by atoms with van der Waals surface area (Å²) in [5.41, 5.74) is 3.78. The molecular formula is C17H29N3O. The molecule has 4 heteroatoms. The van der Waals surface area contributed by atoms with Gasteiger partial charge in [-0.3, -0.25) is 0 Å². The maximum Gasteiger partial charge on any atom is 0.134 e. The first-order chi connectivity index (χ1) is 9.87. The molecule has 0 bridgehead atoms. The summed E-state index contributed by atoms with van der Waals surface area (Å²) in [6.07, 6.45) is 3.21. The predicted molar refractivity (Wildman–Crippen MR) is 85.8 cm³/mol. The number of nitrogens with zero attached hydrogens (tertiary/aromatic N) is 2. The maximum atomic E-state index is 5.44. The van der Waals surface area contributed by atoms with Crippen molar-refractivity contribution in [2.75, 3.05) is 19.8 Å². The van der Waals surface area contributed by atoms with Crippen molar-refractivity contribution in [1.82, 2.24) is 15.3 Å². The molecule has 0 radical (unpaired) electrons. The highest BCUT2D eigenvalue weighted by Gasteiger charge is 2.22. The van der Waals surface area contributed by atoms with Gasteiger partial charge in [-0.1, -0.05) is 0 Å². The number of aryl methyl sites for hydroxylation is 2. The standard InChI is InChI=1S/C17H29N3O/c1-12-15(7-6-9-18-17(3,4)5)13(2)20-16(19-12)14-8-10-21-11-14/h14,18H,6-11H2,1-5H3. The van der Waals surface area contributed by atoms with Gasteiger partial charge in [-0.15, -0.1) is 0 Å². The topological polar surface area (TPSA) is 47.0 Å². The molecule has 0 aromatic carbocycles. The van der Waals surface area contributed by atoms with Gasteiger partial charge < -0.3 is 10.1 Å². The molecule has 1 atom stereocenters. The highest BCUT2D eigenvalue weighted by Crippen LogP contribution is 2.24. The van der Waals surface area contributed by atoms with Crippen molar-refractivity contribution < 1.29 is 4.74 Å². The van der Waals surface area contributed by atoms with Crippen LogP contribution in [0.25, 0.3) is 0 Å². The molecule has 0 saturated carbocycles. The van der Waals surface area contributed by atoms with E-state index >= 15 is 0 Å². The minimum Gasteiger partial charge on any atom is -0.381 e. The summed E-state index contributed by atoms with van der Waals surface area (Å²) in [5, 5.41) is 3.53. The first kappa shape index (κ1) is 16.4. The van der Waals surface area contributed by atoms with Crippen LogP contribution in [0.1, 0.15) is 62.3 Å². The normalized spacial score (nSPS) is 19.2. The number of hydrogen-bond acceptors (Lipinski definition) is 4. The number of nitrogens with one attached hydrogen (secondary N) is 1. The summed E-state index contributed by atoms with van der Waals surface area (Å²) in [5.74, 6) is 1.36. The van der Waals surface area contributed by atoms with Gasteiger partial charge in [0.2, 0.25) is 0 Å². The average Bonchev–Trinajstić information content (AvgIpc) is 2.89. The van der Waals surface area contributed by atoms with Gasteiger partial charge in [0.25, 0.3) is 0 Å². The molecule has 118 valence electrons. The Hall–Kier alpha value is -1.00. The molecule has 1 aliphatic rings. The second-order valence-corrected chi connectivity index (χ2v) is 7.07. The predicted octanol–water partition coefficient (Wildman–Crippen LogP) is 2.92.